The Bertz CT molecular complexity index is 1060. The lowest BCUT2D eigenvalue weighted by Gasteiger charge is -2.25. The molecule has 0 aromatic heterocycles. The van der Waals surface area contributed by atoms with E-state index in [-0.39, 0.29) is 24.7 Å². The van der Waals surface area contributed by atoms with Gasteiger partial charge in [-0.05, 0) is 41.0 Å². The molecule has 3 atom stereocenters. The molecule has 2 aromatic carbocycles. The molecule has 0 radical (unpaired) electrons. The van der Waals surface area contributed by atoms with Crippen molar-refractivity contribution in [2.24, 2.45) is 23.5 Å². The van der Waals surface area contributed by atoms with E-state index in [4.69, 9.17) is 10.9 Å². The first-order valence-electron chi connectivity index (χ1n) is 12.3. The van der Waals surface area contributed by atoms with Gasteiger partial charge in [0.2, 0.25) is 23.6 Å². The molecule has 0 aliphatic rings. The van der Waals surface area contributed by atoms with Crippen molar-refractivity contribution in [3.8, 4) is 0 Å². The molecule has 6 N–H and O–H groups in total. The van der Waals surface area contributed by atoms with Crippen molar-refractivity contribution >= 4 is 34.4 Å². The van der Waals surface area contributed by atoms with Gasteiger partial charge in [-0.2, -0.15) is 0 Å². The van der Waals surface area contributed by atoms with Crippen LogP contribution < -0.4 is 21.8 Å². The minimum absolute atomic E-state index is 0.0999. The number of hydroxylamine groups is 1. The summed E-state index contributed by atoms with van der Waals surface area (Å²) in [5, 5.41) is 16.4. The fourth-order valence-electron chi connectivity index (χ4n) is 4.30. The summed E-state index contributed by atoms with van der Waals surface area (Å²) in [6.07, 6.45) is 0.703. The number of carbonyl (C=O) groups is 4. The molecule has 0 saturated heterocycles. The molecule has 36 heavy (non-hydrogen) atoms. The third-order valence-corrected chi connectivity index (χ3v) is 5.99. The highest BCUT2D eigenvalue weighted by Gasteiger charge is 2.30. The number of hydrogen-bond donors (Lipinski definition) is 5. The van der Waals surface area contributed by atoms with Crippen molar-refractivity contribution in [3.05, 3.63) is 48.0 Å². The van der Waals surface area contributed by atoms with E-state index in [1.165, 1.54) is 0 Å². The average molecular weight is 499 g/mol. The summed E-state index contributed by atoms with van der Waals surface area (Å²) in [7, 11) is 0. The van der Waals surface area contributed by atoms with Crippen LogP contribution in [0.3, 0.4) is 0 Å². The lowest BCUT2D eigenvalue weighted by Crippen LogP contribution is -2.55. The van der Waals surface area contributed by atoms with Crippen LogP contribution in [0.1, 0.15) is 52.5 Å². The number of primary amides is 1. The number of hydrogen-bond acceptors (Lipinski definition) is 5. The molecule has 0 fully saturated rings. The monoisotopic (exact) mass is 498 g/mol. The van der Waals surface area contributed by atoms with Crippen molar-refractivity contribution in [1.82, 2.24) is 16.1 Å². The molecule has 0 bridgehead atoms. The van der Waals surface area contributed by atoms with Gasteiger partial charge in [0.25, 0.3) is 0 Å². The van der Waals surface area contributed by atoms with Gasteiger partial charge in [0.05, 0.1) is 0 Å². The van der Waals surface area contributed by atoms with Crippen LogP contribution in [0.4, 0.5) is 0 Å². The van der Waals surface area contributed by atoms with E-state index in [1.807, 2.05) is 70.2 Å². The normalized spacial score (nSPS) is 13.8. The molecular formula is C27H38N4O5. The van der Waals surface area contributed by atoms with Crippen LogP contribution in [0.5, 0.6) is 0 Å². The van der Waals surface area contributed by atoms with E-state index < -0.39 is 41.6 Å². The van der Waals surface area contributed by atoms with Gasteiger partial charge in [-0.15, -0.1) is 0 Å². The van der Waals surface area contributed by atoms with Gasteiger partial charge in [-0.25, -0.2) is 5.48 Å². The Morgan fingerprint density at radius 2 is 1.44 bits per heavy atom. The molecule has 2 rings (SSSR count). The van der Waals surface area contributed by atoms with E-state index in [2.05, 4.69) is 10.6 Å². The maximum Gasteiger partial charge on any atom is 0.244 e. The van der Waals surface area contributed by atoms with Crippen molar-refractivity contribution in [2.45, 2.75) is 65.5 Å². The lowest BCUT2D eigenvalue weighted by atomic mass is 9.92. The van der Waals surface area contributed by atoms with Crippen LogP contribution in [-0.2, 0) is 25.6 Å². The molecule has 0 aliphatic carbocycles. The fourth-order valence-corrected chi connectivity index (χ4v) is 4.30. The van der Waals surface area contributed by atoms with E-state index in [0.29, 0.717) is 12.8 Å². The van der Waals surface area contributed by atoms with Crippen molar-refractivity contribution in [3.63, 3.8) is 0 Å². The van der Waals surface area contributed by atoms with Crippen LogP contribution in [0.25, 0.3) is 10.8 Å². The molecule has 0 saturated carbocycles. The first-order chi connectivity index (χ1) is 17.0. The van der Waals surface area contributed by atoms with E-state index in [1.54, 1.807) is 5.48 Å². The van der Waals surface area contributed by atoms with Crippen LogP contribution in [0.2, 0.25) is 0 Å². The minimum atomic E-state index is -1.01. The Kier molecular flexibility index (Phi) is 10.9. The first-order valence-corrected chi connectivity index (χ1v) is 12.3. The maximum absolute atomic E-state index is 13.4. The zero-order valence-electron chi connectivity index (χ0n) is 21.4. The Labute approximate surface area is 212 Å². The van der Waals surface area contributed by atoms with E-state index in [0.717, 1.165) is 16.3 Å². The minimum Gasteiger partial charge on any atom is -0.368 e. The third kappa shape index (κ3) is 8.64. The molecule has 9 heteroatoms. The van der Waals surface area contributed by atoms with Crippen LogP contribution in [0, 0.1) is 17.8 Å². The van der Waals surface area contributed by atoms with Gasteiger partial charge in [0.1, 0.15) is 12.1 Å². The summed E-state index contributed by atoms with van der Waals surface area (Å²) in [4.78, 5) is 50.4. The van der Waals surface area contributed by atoms with Gasteiger partial charge < -0.3 is 16.4 Å². The predicted octanol–water partition coefficient (Wildman–Crippen LogP) is 2.44. The average Bonchev–Trinajstić information content (AvgIpc) is 2.82. The highest BCUT2D eigenvalue weighted by molar-refractivity contribution is 5.94. The van der Waals surface area contributed by atoms with Gasteiger partial charge in [0.15, 0.2) is 0 Å². The predicted molar refractivity (Wildman–Crippen MR) is 138 cm³/mol. The molecule has 0 heterocycles. The second-order valence-electron chi connectivity index (χ2n) is 10.1. The number of benzene rings is 2. The number of carbonyl (C=O) groups excluding carboxylic acids is 4. The van der Waals surface area contributed by atoms with Gasteiger partial charge >= 0.3 is 0 Å². The van der Waals surface area contributed by atoms with E-state index in [9.17, 15) is 19.2 Å². The smallest absolute Gasteiger partial charge is 0.244 e. The Hall–Kier alpha value is -3.46. The first kappa shape index (κ1) is 28.8. The number of nitrogens with two attached hydrogens (primary N) is 1. The second kappa shape index (κ2) is 13.6. The topological polar surface area (TPSA) is 151 Å². The molecule has 0 unspecified atom stereocenters. The summed E-state index contributed by atoms with van der Waals surface area (Å²) < 4.78 is 0. The molecule has 2 aromatic rings. The van der Waals surface area contributed by atoms with Crippen molar-refractivity contribution in [2.75, 3.05) is 0 Å². The molecular weight excluding hydrogens is 460 g/mol. The summed E-state index contributed by atoms with van der Waals surface area (Å²) in [5.41, 5.74) is 7.94. The van der Waals surface area contributed by atoms with Crippen LogP contribution in [0.15, 0.2) is 42.5 Å². The highest BCUT2D eigenvalue weighted by Crippen LogP contribution is 2.21. The second-order valence-corrected chi connectivity index (χ2v) is 10.1. The third-order valence-electron chi connectivity index (χ3n) is 5.99. The summed E-state index contributed by atoms with van der Waals surface area (Å²) in [6, 6.07) is 11.6. The number of nitrogens with one attached hydrogen (secondary N) is 3. The summed E-state index contributed by atoms with van der Waals surface area (Å²) in [5.74, 6) is -2.88. The van der Waals surface area contributed by atoms with Crippen LogP contribution >= 0.6 is 0 Å². The van der Waals surface area contributed by atoms with E-state index >= 15 is 0 Å². The number of rotatable bonds is 13. The van der Waals surface area contributed by atoms with Crippen molar-refractivity contribution < 1.29 is 24.4 Å². The fraction of sp³-hybridized carbons (Fsp3) is 0.481. The Morgan fingerprint density at radius 3 is 2.06 bits per heavy atom. The lowest BCUT2D eigenvalue weighted by molar-refractivity contribution is -0.137. The number of fused-ring (bicyclic) bond motifs is 1. The standard InChI is InChI=1S/C27H38N4O5/c1-16(2)12-20(15-24(32)31-36)26(34)30-23(27(35)29-22(25(28)33)13-17(3)4)14-19-10-7-9-18-8-5-6-11-21(18)19/h5-11,16-17,20,22-23,36H,12-15H2,1-4H3,(H2,28,33)(H,29,35)(H,30,34)(H,31,32)/t20-,22-,23-/m0/s1. The Balaban J connectivity index is 2.37. The largest absolute Gasteiger partial charge is 0.368 e. The zero-order valence-corrected chi connectivity index (χ0v) is 21.4. The molecule has 0 aliphatic heterocycles. The SMILES string of the molecule is CC(C)C[C@@H](CC(=O)NO)C(=O)N[C@@H](Cc1cccc2ccccc12)C(=O)N[C@@H](CC(C)C)C(N)=O. The summed E-state index contributed by atoms with van der Waals surface area (Å²) in [6.45, 7) is 7.67. The maximum atomic E-state index is 13.4. The van der Waals surface area contributed by atoms with Crippen molar-refractivity contribution in [1.29, 1.82) is 0 Å². The summed E-state index contributed by atoms with van der Waals surface area (Å²) >= 11 is 0. The molecule has 196 valence electrons. The van der Waals surface area contributed by atoms with Gasteiger partial charge in [0, 0.05) is 18.8 Å². The number of amides is 4. The molecule has 9 nitrogen and oxygen atoms in total. The van der Waals surface area contributed by atoms with Crippen LogP contribution in [-0.4, -0.2) is 40.9 Å². The quantitative estimate of drug-likeness (QED) is 0.212. The zero-order chi connectivity index (χ0) is 26.8. The molecule has 4 amide bonds. The highest BCUT2D eigenvalue weighted by atomic mass is 16.5. The van der Waals surface area contributed by atoms with Gasteiger partial charge in [-0.1, -0.05) is 70.2 Å². The Morgan fingerprint density at radius 1 is 0.833 bits per heavy atom. The molecule has 0 spiro atoms. The van der Waals surface area contributed by atoms with Gasteiger partial charge in [-0.3, -0.25) is 24.4 Å².